The zero-order valence-corrected chi connectivity index (χ0v) is 13.7. The van der Waals surface area contributed by atoms with Gasteiger partial charge in [0.15, 0.2) is 0 Å². The van der Waals surface area contributed by atoms with Crippen LogP contribution in [0.5, 0.6) is 0 Å². The Kier molecular flexibility index (Phi) is 3.87. The molecule has 0 spiro atoms. The van der Waals surface area contributed by atoms with Crippen LogP contribution < -0.4 is 5.73 Å². The van der Waals surface area contributed by atoms with Gasteiger partial charge >= 0.3 is 0 Å². The van der Waals surface area contributed by atoms with Crippen molar-refractivity contribution in [2.45, 2.75) is 31.1 Å². The molecule has 0 aromatic carbocycles. The van der Waals surface area contributed by atoms with E-state index in [1.54, 1.807) is 24.5 Å². The summed E-state index contributed by atoms with van der Waals surface area (Å²) in [6, 6.07) is 10.6. The Balaban J connectivity index is 1.58. The van der Waals surface area contributed by atoms with Crippen molar-refractivity contribution in [2.75, 3.05) is 5.73 Å². The van der Waals surface area contributed by atoms with Crippen LogP contribution in [0.1, 0.15) is 30.7 Å². The smallest absolute Gasteiger partial charge is 0.145 e. The number of hydrogen-bond donors (Lipinski definition) is 1. The van der Waals surface area contributed by atoms with Crippen LogP contribution in [0.25, 0.3) is 11.3 Å². The van der Waals surface area contributed by atoms with Crippen LogP contribution in [0, 0.1) is 5.82 Å². The van der Waals surface area contributed by atoms with E-state index in [0.29, 0.717) is 17.9 Å². The van der Waals surface area contributed by atoms with Crippen LogP contribution in [-0.2, 0) is 11.8 Å². The van der Waals surface area contributed by atoms with Gasteiger partial charge in [0.25, 0.3) is 0 Å². The van der Waals surface area contributed by atoms with Crippen LogP contribution in [-0.4, -0.2) is 20.2 Å². The van der Waals surface area contributed by atoms with E-state index in [2.05, 4.69) is 20.2 Å². The van der Waals surface area contributed by atoms with E-state index in [9.17, 15) is 4.39 Å². The number of aromatic nitrogens is 4. The van der Waals surface area contributed by atoms with E-state index in [4.69, 9.17) is 5.73 Å². The van der Waals surface area contributed by atoms with Gasteiger partial charge in [0.1, 0.15) is 11.6 Å². The molecule has 0 unspecified atom stereocenters. The van der Waals surface area contributed by atoms with Crippen LogP contribution in [0.4, 0.5) is 10.2 Å². The first kappa shape index (κ1) is 15.6. The summed E-state index contributed by atoms with van der Waals surface area (Å²) in [5.41, 5.74) is 8.34. The monoisotopic (exact) mass is 335 g/mol. The highest BCUT2D eigenvalue weighted by atomic mass is 19.1. The number of nitrogens with zero attached hydrogens (tertiary/aromatic N) is 4. The second-order valence-electron chi connectivity index (χ2n) is 6.53. The van der Waals surface area contributed by atoms with Crippen molar-refractivity contribution in [3.63, 3.8) is 0 Å². The van der Waals surface area contributed by atoms with E-state index in [1.165, 1.54) is 6.07 Å². The predicted molar refractivity (Wildman–Crippen MR) is 93.1 cm³/mol. The van der Waals surface area contributed by atoms with Crippen molar-refractivity contribution in [3.05, 3.63) is 66.0 Å². The maximum absolute atomic E-state index is 14.2. The minimum absolute atomic E-state index is 0.236. The third kappa shape index (κ3) is 2.95. The first-order valence-corrected chi connectivity index (χ1v) is 8.32. The molecule has 3 heterocycles. The molecule has 3 aromatic rings. The molecule has 4 rings (SSSR count). The van der Waals surface area contributed by atoms with Gasteiger partial charge in [0.2, 0.25) is 0 Å². The summed E-state index contributed by atoms with van der Waals surface area (Å²) >= 11 is 0. The summed E-state index contributed by atoms with van der Waals surface area (Å²) < 4.78 is 14.2. The van der Waals surface area contributed by atoms with Gasteiger partial charge in [-0.05, 0) is 49.2 Å². The fourth-order valence-electron chi connectivity index (χ4n) is 3.39. The average molecular weight is 335 g/mol. The molecule has 0 saturated heterocycles. The molecule has 0 radical (unpaired) electrons. The average Bonchev–Trinajstić information content (AvgIpc) is 2.60. The largest absolute Gasteiger partial charge is 0.384 e. The van der Waals surface area contributed by atoms with Gasteiger partial charge in [-0.2, -0.15) is 10.2 Å². The van der Waals surface area contributed by atoms with Crippen LogP contribution in [0.15, 0.2) is 48.8 Å². The van der Waals surface area contributed by atoms with Gasteiger partial charge in [-0.25, -0.2) is 9.37 Å². The number of halogens is 1. The molecule has 0 bridgehead atoms. The Labute approximate surface area is 145 Å². The second kappa shape index (κ2) is 6.20. The topological polar surface area (TPSA) is 77.6 Å². The van der Waals surface area contributed by atoms with Crippen molar-refractivity contribution in [2.24, 2.45) is 0 Å². The van der Waals surface area contributed by atoms with E-state index in [1.807, 2.05) is 18.2 Å². The molecule has 1 aliphatic carbocycles. The first-order chi connectivity index (χ1) is 12.2. The van der Waals surface area contributed by atoms with Gasteiger partial charge < -0.3 is 5.73 Å². The third-order valence-corrected chi connectivity index (χ3v) is 4.89. The number of rotatable bonds is 4. The predicted octanol–water partition coefficient (Wildman–Crippen LogP) is 3.32. The van der Waals surface area contributed by atoms with Crippen molar-refractivity contribution >= 4 is 5.82 Å². The molecule has 0 amide bonds. The van der Waals surface area contributed by atoms with E-state index in [0.717, 1.165) is 36.2 Å². The van der Waals surface area contributed by atoms with Crippen molar-refractivity contribution in [3.8, 4) is 11.3 Å². The Morgan fingerprint density at radius 1 is 1.04 bits per heavy atom. The fraction of sp³-hybridized carbons (Fsp3) is 0.263. The number of anilines is 1. The highest BCUT2D eigenvalue weighted by molar-refractivity contribution is 5.58. The molecule has 1 saturated carbocycles. The van der Waals surface area contributed by atoms with Gasteiger partial charge in [-0.1, -0.05) is 6.42 Å². The zero-order valence-electron chi connectivity index (χ0n) is 13.7. The summed E-state index contributed by atoms with van der Waals surface area (Å²) in [5, 5.41) is 8.63. The van der Waals surface area contributed by atoms with Gasteiger partial charge in [-0.15, -0.1) is 0 Å². The van der Waals surface area contributed by atoms with Gasteiger partial charge in [-0.3, -0.25) is 4.98 Å². The lowest BCUT2D eigenvalue weighted by Crippen LogP contribution is -2.38. The maximum Gasteiger partial charge on any atom is 0.145 e. The van der Waals surface area contributed by atoms with E-state index < -0.39 is 0 Å². The summed E-state index contributed by atoms with van der Waals surface area (Å²) in [4.78, 5) is 8.37. The molecular formula is C19H18FN5. The molecule has 5 nitrogen and oxygen atoms in total. The summed E-state index contributed by atoms with van der Waals surface area (Å²) in [5.74, 6) is 0.234. The number of pyridine rings is 2. The molecule has 2 N–H and O–H groups in total. The molecule has 25 heavy (non-hydrogen) atoms. The maximum atomic E-state index is 14.2. The minimum atomic E-state index is -0.260. The lowest BCUT2D eigenvalue weighted by molar-refractivity contribution is 0.223. The van der Waals surface area contributed by atoms with Crippen molar-refractivity contribution in [1.82, 2.24) is 20.2 Å². The summed E-state index contributed by atoms with van der Waals surface area (Å²) in [7, 11) is 0. The number of hydrogen-bond acceptors (Lipinski definition) is 5. The van der Waals surface area contributed by atoms with Crippen LogP contribution >= 0.6 is 0 Å². The zero-order chi connectivity index (χ0) is 17.3. The lowest BCUT2D eigenvalue weighted by atomic mass is 9.63. The quantitative estimate of drug-likeness (QED) is 0.791. The van der Waals surface area contributed by atoms with Crippen LogP contribution in [0.3, 0.4) is 0 Å². The van der Waals surface area contributed by atoms with E-state index in [-0.39, 0.29) is 11.2 Å². The molecule has 1 aliphatic rings. The molecule has 0 atom stereocenters. The molecule has 6 heteroatoms. The Morgan fingerprint density at radius 3 is 2.52 bits per heavy atom. The fourth-order valence-corrected chi connectivity index (χ4v) is 3.39. The second-order valence-corrected chi connectivity index (χ2v) is 6.53. The normalized spacial score (nSPS) is 15.6. The van der Waals surface area contributed by atoms with Gasteiger partial charge in [0, 0.05) is 29.8 Å². The molecule has 126 valence electrons. The molecule has 1 fully saturated rings. The number of nitrogen functional groups attached to an aromatic ring is 1. The molecule has 0 aliphatic heterocycles. The minimum Gasteiger partial charge on any atom is -0.384 e. The SMILES string of the molecule is Nc1ccc(-c2ccc(CC3(c4ncccc4F)CCC3)nn2)cn1. The van der Waals surface area contributed by atoms with Crippen molar-refractivity contribution in [1.29, 1.82) is 0 Å². The van der Waals surface area contributed by atoms with E-state index >= 15 is 0 Å². The highest BCUT2D eigenvalue weighted by Gasteiger charge is 2.42. The number of nitrogens with two attached hydrogens (primary N) is 1. The third-order valence-electron chi connectivity index (χ3n) is 4.89. The molecular weight excluding hydrogens is 317 g/mol. The molecule has 3 aromatic heterocycles. The Morgan fingerprint density at radius 2 is 1.92 bits per heavy atom. The summed E-state index contributed by atoms with van der Waals surface area (Å²) in [6.07, 6.45) is 6.91. The van der Waals surface area contributed by atoms with Crippen LogP contribution in [0.2, 0.25) is 0 Å². The summed E-state index contributed by atoms with van der Waals surface area (Å²) in [6.45, 7) is 0. The van der Waals surface area contributed by atoms with Crippen molar-refractivity contribution < 1.29 is 4.39 Å². The van der Waals surface area contributed by atoms with Gasteiger partial charge in [0.05, 0.1) is 17.1 Å². The first-order valence-electron chi connectivity index (χ1n) is 8.32. The lowest BCUT2D eigenvalue weighted by Gasteiger charge is -2.41. The Hall–Kier alpha value is -2.89. The standard InChI is InChI=1S/C19H18FN5/c20-15-3-1-10-22-18(15)19(8-2-9-19)11-14-5-6-16(25-24-14)13-4-7-17(21)23-12-13/h1,3-7,10,12H,2,8-9,11H2,(H2,21,23). The highest BCUT2D eigenvalue weighted by Crippen LogP contribution is 2.45. The Bertz CT molecular complexity index is 873.